The van der Waals surface area contributed by atoms with E-state index in [4.69, 9.17) is 4.74 Å². The van der Waals surface area contributed by atoms with E-state index in [0.717, 1.165) is 19.2 Å². The fourth-order valence-electron chi connectivity index (χ4n) is 1.91. The monoisotopic (exact) mass is 318 g/mol. The van der Waals surface area contributed by atoms with Gasteiger partial charge in [0.1, 0.15) is 22.9 Å². The van der Waals surface area contributed by atoms with E-state index in [0.29, 0.717) is 0 Å². The third-order valence-corrected chi connectivity index (χ3v) is 3.04. The first-order chi connectivity index (χ1) is 11.0. The van der Waals surface area contributed by atoms with Crippen molar-refractivity contribution in [3.63, 3.8) is 0 Å². The lowest BCUT2D eigenvalue weighted by atomic mass is 10.1. The average molecular weight is 318 g/mol. The van der Waals surface area contributed by atoms with Gasteiger partial charge in [0.15, 0.2) is 18.3 Å². The number of hydrogen-bond acceptors (Lipinski definition) is 6. The lowest BCUT2D eigenvalue weighted by Gasteiger charge is -2.14. The minimum Gasteiger partial charge on any atom is -0.507 e. The molecule has 0 atom stereocenters. The summed E-state index contributed by atoms with van der Waals surface area (Å²) in [6.45, 7) is 0. The number of phenolic OH excluding ortho intramolecular Hbond substituents is 1. The maximum absolute atomic E-state index is 13.6. The van der Waals surface area contributed by atoms with Gasteiger partial charge in [0.05, 0.1) is 18.2 Å². The Hall–Kier alpha value is -3.22. The molecule has 0 bridgehead atoms. The van der Waals surface area contributed by atoms with Gasteiger partial charge in [-0.2, -0.15) is 0 Å². The van der Waals surface area contributed by atoms with Crippen LogP contribution in [0.2, 0.25) is 0 Å². The van der Waals surface area contributed by atoms with Crippen molar-refractivity contribution in [2.24, 2.45) is 0 Å². The molecule has 2 rings (SSSR count). The Morgan fingerprint density at radius 1 is 1.13 bits per heavy atom. The lowest BCUT2D eigenvalue weighted by molar-refractivity contribution is 0.0598. The molecule has 23 heavy (non-hydrogen) atoms. The zero-order valence-corrected chi connectivity index (χ0v) is 11.9. The van der Waals surface area contributed by atoms with Gasteiger partial charge in [-0.25, -0.2) is 9.18 Å². The van der Waals surface area contributed by atoms with Gasteiger partial charge < -0.3 is 14.6 Å². The molecule has 0 amide bonds. The summed E-state index contributed by atoms with van der Waals surface area (Å²) in [5.74, 6) is -2.64. The van der Waals surface area contributed by atoms with E-state index >= 15 is 0 Å². The minimum atomic E-state index is -0.829. The number of ether oxygens (including phenoxy) is 2. The van der Waals surface area contributed by atoms with E-state index in [9.17, 15) is 23.9 Å². The number of methoxy groups -OCH3 is 1. The van der Waals surface area contributed by atoms with Crippen molar-refractivity contribution in [1.82, 2.24) is 0 Å². The number of carbonyl (C=O) groups is 3. The van der Waals surface area contributed by atoms with E-state index in [1.165, 1.54) is 18.2 Å². The third kappa shape index (κ3) is 3.03. The van der Waals surface area contributed by atoms with Crippen molar-refractivity contribution in [3.8, 4) is 17.2 Å². The summed E-state index contributed by atoms with van der Waals surface area (Å²) in [5.41, 5.74) is -0.869. The number of carbonyl (C=O) groups excluding carboxylic acids is 3. The molecule has 0 unspecified atom stereocenters. The molecule has 0 saturated carbocycles. The highest BCUT2D eigenvalue weighted by Gasteiger charge is 2.22. The van der Waals surface area contributed by atoms with Crippen LogP contribution in [0.4, 0.5) is 4.39 Å². The highest BCUT2D eigenvalue weighted by atomic mass is 19.1. The smallest absolute Gasteiger partial charge is 0.341 e. The van der Waals surface area contributed by atoms with E-state index in [1.807, 2.05) is 0 Å². The maximum Gasteiger partial charge on any atom is 0.341 e. The second kappa shape index (κ2) is 6.69. The molecule has 0 aromatic heterocycles. The molecule has 0 spiro atoms. The number of hydrogen-bond donors (Lipinski definition) is 1. The van der Waals surface area contributed by atoms with Crippen molar-refractivity contribution < 1.29 is 33.4 Å². The van der Waals surface area contributed by atoms with E-state index in [-0.39, 0.29) is 40.8 Å². The van der Waals surface area contributed by atoms with Crippen molar-refractivity contribution in [3.05, 3.63) is 52.8 Å². The van der Waals surface area contributed by atoms with Crippen molar-refractivity contribution in [2.75, 3.05) is 7.11 Å². The van der Waals surface area contributed by atoms with Gasteiger partial charge in [0, 0.05) is 0 Å². The van der Waals surface area contributed by atoms with Gasteiger partial charge in [0.25, 0.3) is 0 Å². The first-order valence-electron chi connectivity index (χ1n) is 6.34. The summed E-state index contributed by atoms with van der Waals surface area (Å²) >= 11 is 0. The Labute approximate surface area is 130 Å². The Morgan fingerprint density at radius 2 is 1.83 bits per heavy atom. The Morgan fingerprint density at radius 3 is 2.43 bits per heavy atom. The summed E-state index contributed by atoms with van der Waals surface area (Å²) in [7, 11) is 1.12. The molecule has 0 aliphatic heterocycles. The highest BCUT2D eigenvalue weighted by molar-refractivity contribution is 5.98. The molecule has 2 aromatic carbocycles. The quantitative estimate of drug-likeness (QED) is 0.673. The van der Waals surface area contributed by atoms with Gasteiger partial charge in [-0.05, 0) is 24.3 Å². The number of rotatable bonds is 5. The van der Waals surface area contributed by atoms with Crippen LogP contribution in [0.25, 0.3) is 0 Å². The molecular formula is C16H11FO6. The lowest BCUT2D eigenvalue weighted by Crippen LogP contribution is -2.07. The zero-order chi connectivity index (χ0) is 17.0. The average Bonchev–Trinajstić information content (AvgIpc) is 2.55. The number of esters is 1. The van der Waals surface area contributed by atoms with Crippen LogP contribution < -0.4 is 4.74 Å². The van der Waals surface area contributed by atoms with Crippen LogP contribution in [0.15, 0.2) is 30.3 Å². The molecular weight excluding hydrogens is 307 g/mol. The van der Waals surface area contributed by atoms with Crippen molar-refractivity contribution in [1.29, 1.82) is 0 Å². The number of aromatic hydroxyl groups is 1. The minimum absolute atomic E-state index is 0.159. The van der Waals surface area contributed by atoms with Gasteiger partial charge in [-0.3, -0.25) is 9.59 Å². The molecule has 7 heteroatoms. The summed E-state index contributed by atoms with van der Waals surface area (Å²) in [5, 5.41) is 9.72. The molecule has 1 N–H and O–H groups in total. The first kappa shape index (κ1) is 16.2. The molecule has 118 valence electrons. The maximum atomic E-state index is 13.6. The number of benzene rings is 2. The topological polar surface area (TPSA) is 89.9 Å². The molecule has 0 fully saturated rings. The number of phenols is 1. The molecule has 0 saturated heterocycles. The Kier molecular flexibility index (Phi) is 4.70. The van der Waals surface area contributed by atoms with Crippen LogP contribution >= 0.6 is 0 Å². The largest absolute Gasteiger partial charge is 0.507 e. The van der Waals surface area contributed by atoms with Crippen LogP contribution in [0.5, 0.6) is 17.2 Å². The normalized spacial score (nSPS) is 10.0. The van der Waals surface area contributed by atoms with Crippen molar-refractivity contribution >= 4 is 18.5 Å². The third-order valence-electron chi connectivity index (χ3n) is 3.04. The van der Waals surface area contributed by atoms with Gasteiger partial charge in [-0.1, -0.05) is 6.07 Å². The number of aldehydes is 2. The second-order valence-electron chi connectivity index (χ2n) is 4.36. The molecule has 6 nitrogen and oxygen atoms in total. The number of halogens is 1. The summed E-state index contributed by atoms with van der Waals surface area (Å²) in [4.78, 5) is 34.0. The van der Waals surface area contributed by atoms with E-state index < -0.39 is 17.5 Å². The predicted molar refractivity (Wildman–Crippen MR) is 76.7 cm³/mol. The van der Waals surface area contributed by atoms with Crippen LogP contribution in [0.1, 0.15) is 31.1 Å². The first-order valence-corrected chi connectivity index (χ1v) is 6.34. The Bertz CT molecular complexity index is 784. The summed E-state index contributed by atoms with van der Waals surface area (Å²) < 4.78 is 23.6. The van der Waals surface area contributed by atoms with Gasteiger partial charge in [0.2, 0.25) is 0 Å². The highest BCUT2D eigenvalue weighted by Crippen LogP contribution is 2.35. The van der Waals surface area contributed by atoms with Crippen LogP contribution in [-0.2, 0) is 4.74 Å². The molecule has 0 aliphatic carbocycles. The SMILES string of the molecule is COC(=O)c1ccc(O)c(C=O)c1Oc1cccc(F)c1C=O. The zero-order valence-electron chi connectivity index (χ0n) is 11.9. The van der Waals surface area contributed by atoms with E-state index in [1.54, 1.807) is 0 Å². The van der Waals surface area contributed by atoms with Crippen LogP contribution in [0.3, 0.4) is 0 Å². The summed E-state index contributed by atoms with van der Waals surface area (Å²) in [6, 6.07) is 5.94. The van der Waals surface area contributed by atoms with Crippen molar-refractivity contribution in [2.45, 2.75) is 0 Å². The molecule has 0 heterocycles. The molecule has 0 aliphatic rings. The van der Waals surface area contributed by atoms with Crippen LogP contribution in [-0.4, -0.2) is 30.8 Å². The Balaban J connectivity index is 2.65. The predicted octanol–water partition coefficient (Wildman–Crippen LogP) is 2.74. The van der Waals surface area contributed by atoms with Gasteiger partial charge >= 0.3 is 5.97 Å². The standard InChI is InChI=1S/C16H11FO6/c1-22-16(21)9-5-6-13(20)11(8-19)15(9)23-14-4-2-3-12(17)10(14)7-18/h2-8,20H,1H3. The fourth-order valence-corrected chi connectivity index (χ4v) is 1.91. The fraction of sp³-hybridized carbons (Fsp3) is 0.0625. The molecule has 0 radical (unpaired) electrons. The van der Waals surface area contributed by atoms with Gasteiger partial charge in [-0.15, -0.1) is 0 Å². The summed E-state index contributed by atoms with van der Waals surface area (Å²) in [6.07, 6.45) is 0.517. The van der Waals surface area contributed by atoms with Crippen LogP contribution in [0, 0.1) is 5.82 Å². The molecule has 2 aromatic rings. The van der Waals surface area contributed by atoms with E-state index in [2.05, 4.69) is 4.74 Å². The second-order valence-corrected chi connectivity index (χ2v) is 4.36.